The Labute approximate surface area is 139 Å². The maximum absolute atomic E-state index is 11.1. The molecule has 6 nitrogen and oxygen atoms in total. The maximum atomic E-state index is 11.1. The number of guanidine groups is 1. The average Bonchev–Trinajstić information content (AvgIpc) is 2.84. The van der Waals surface area contributed by atoms with E-state index in [0.29, 0.717) is 12.4 Å². The molecule has 1 fully saturated rings. The Morgan fingerprint density at radius 3 is 2.70 bits per heavy atom. The van der Waals surface area contributed by atoms with Gasteiger partial charge in [-0.1, -0.05) is 0 Å². The maximum Gasteiger partial charge on any atom is 0.191 e. The molecule has 0 amide bonds. The summed E-state index contributed by atoms with van der Waals surface area (Å²) in [5.41, 5.74) is 0. The molecule has 0 bridgehead atoms. The van der Waals surface area contributed by atoms with Crippen molar-refractivity contribution in [3.63, 3.8) is 0 Å². The van der Waals surface area contributed by atoms with E-state index in [-0.39, 0.29) is 41.9 Å². The second-order valence-electron chi connectivity index (χ2n) is 5.05. The van der Waals surface area contributed by atoms with Crippen LogP contribution >= 0.6 is 24.0 Å². The first-order valence-electron chi connectivity index (χ1n) is 6.67. The predicted octanol–water partition coefficient (Wildman–Crippen LogP) is 0.772. The highest BCUT2D eigenvalue weighted by atomic mass is 127. The second-order valence-corrected chi connectivity index (χ2v) is 7.31. The third-order valence-electron chi connectivity index (χ3n) is 3.05. The minimum Gasteiger partial charge on any atom is -0.376 e. The SMILES string of the molecule is CN=C(NCC1CCCO1)NC(C)CCS(C)(=O)=O.I. The van der Waals surface area contributed by atoms with E-state index in [4.69, 9.17) is 4.74 Å². The van der Waals surface area contributed by atoms with Crippen molar-refractivity contribution in [3.05, 3.63) is 0 Å². The van der Waals surface area contributed by atoms with E-state index < -0.39 is 9.84 Å². The summed E-state index contributed by atoms with van der Waals surface area (Å²) in [5.74, 6) is 0.876. The number of nitrogens with zero attached hydrogens (tertiary/aromatic N) is 1. The van der Waals surface area contributed by atoms with Gasteiger partial charge in [0.05, 0.1) is 11.9 Å². The lowest BCUT2D eigenvalue weighted by atomic mass is 10.2. The number of ether oxygens (including phenoxy) is 1. The largest absolute Gasteiger partial charge is 0.376 e. The zero-order valence-electron chi connectivity index (χ0n) is 12.4. The third-order valence-corrected chi connectivity index (χ3v) is 4.03. The molecule has 0 radical (unpaired) electrons. The monoisotopic (exact) mass is 419 g/mol. The van der Waals surface area contributed by atoms with Gasteiger partial charge in [-0.05, 0) is 26.2 Å². The van der Waals surface area contributed by atoms with Gasteiger partial charge < -0.3 is 15.4 Å². The molecule has 2 N–H and O–H groups in total. The van der Waals surface area contributed by atoms with Gasteiger partial charge in [-0.2, -0.15) is 0 Å². The van der Waals surface area contributed by atoms with Gasteiger partial charge >= 0.3 is 0 Å². The lowest BCUT2D eigenvalue weighted by Crippen LogP contribution is -2.45. The molecule has 1 saturated heterocycles. The molecule has 1 aliphatic rings. The fraction of sp³-hybridized carbons (Fsp3) is 0.917. The number of hydrogen-bond donors (Lipinski definition) is 2. The number of aliphatic imine (C=N–C) groups is 1. The van der Waals surface area contributed by atoms with Crippen LogP contribution < -0.4 is 10.6 Å². The Balaban J connectivity index is 0.00000361. The van der Waals surface area contributed by atoms with E-state index in [1.807, 2.05) is 6.92 Å². The van der Waals surface area contributed by atoms with Crippen LogP contribution in [0.15, 0.2) is 4.99 Å². The van der Waals surface area contributed by atoms with Crippen LogP contribution in [0.5, 0.6) is 0 Å². The van der Waals surface area contributed by atoms with Crippen LogP contribution in [0.2, 0.25) is 0 Å². The zero-order valence-corrected chi connectivity index (χ0v) is 15.5. The van der Waals surface area contributed by atoms with Gasteiger partial charge in [0, 0.05) is 32.5 Å². The molecule has 1 heterocycles. The van der Waals surface area contributed by atoms with E-state index in [1.165, 1.54) is 6.26 Å². The summed E-state index contributed by atoms with van der Waals surface area (Å²) in [5, 5.41) is 6.39. The van der Waals surface area contributed by atoms with Crippen molar-refractivity contribution < 1.29 is 13.2 Å². The lowest BCUT2D eigenvalue weighted by Gasteiger charge is -2.19. The van der Waals surface area contributed by atoms with Crippen LogP contribution in [0, 0.1) is 0 Å². The zero-order chi connectivity index (χ0) is 14.3. The van der Waals surface area contributed by atoms with Crippen molar-refractivity contribution in [1.82, 2.24) is 10.6 Å². The van der Waals surface area contributed by atoms with E-state index >= 15 is 0 Å². The highest BCUT2D eigenvalue weighted by Gasteiger charge is 2.16. The first kappa shape index (κ1) is 19.9. The van der Waals surface area contributed by atoms with Crippen molar-refractivity contribution >= 4 is 39.8 Å². The molecule has 0 spiro atoms. The van der Waals surface area contributed by atoms with Gasteiger partial charge in [0.25, 0.3) is 0 Å². The van der Waals surface area contributed by atoms with Crippen molar-refractivity contribution in [2.75, 3.05) is 32.2 Å². The van der Waals surface area contributed by atoms with Crippen LogP contribution in [0.25, 0.3) is 0 Å². The minimum atomic E-state index is -2.91. The fourth-order valence-corrected chi connectivity index (χ4v) is 2.69. The van der Waals surface area contributed by atoms with Crippen molar-refractivity contribution in [2.45, 2.75) is 38.3 Å². The fourth-order valence-electron chi connectivity index (χ4n) is 1.91. The topological polar surface area (TPSA) is 79.8 Å². The smallest absolute Gasteiger partial charge is 0.191 e. The summed E-state index contributed by atoms with van der Waals surface area (Å²) >= 11 is 0. The van der Waals surface area contributed by atoms with Crippen LogP contribution in [-0.2, 0) is 14.6 Å². The molecular weight excluding hydrogens is 393 g/mol. The third kappa shape index (κ3) is 8.96. The summed E-state index contributed by atoms with van der Waals surface area (Å²) in [4.78, 5) is 4.12. The molecule has 1 aliphatic heterocycles. The average molecular weight is 419 g/mol. The number of halogens is 1. The number of sulfone groups is 1. The molecule has 0 aromatic rings. The molecule has 0 aliphatic carbocycles. The van der Waals surface area contributed by atoms with Gasteiger partial charge in [-0.15, -0.1) is 24.0 Å². The molecule has 20 heavy (non-hydrogen) atoms. The molecule has 0 aromatic heterocycles. The highest BCUT2D eigenvalue weighted by Crippen LogP contribution is 2.10. The first-order chi connectivity index (χ1) is 8.90. The Morgan fingerprint density at radius 1 is 1.50 bits per heavy atom. The van der Waals surface area contributed by atoms with Gasteiger partial charge in [0.15, 0.2) is 5.96 Å². The Morgan fingerprint density at radius 2 is 2.20 bits per heavy atom. The van der Waals surface area contributed by atoms with Crippen LogP contribution in [0.3, 0.4) is 0 Å². The molecule has 0 aromatic carbocycles. The Kier molecular flexibility index (Phi) is 9.73. The van der Waals surface area contributed by atoms with Crippen molar-refractivity contribution in [3.8, 4) is 0 Å². The molecule has 0 saturated carbocycles. The summed E-state index contributed by atoms with van der Waals surface area (Å²) in [6, 6.07) is 0.0606. The van der Waals surface area contributed by atoms with E-state index in [0.717, 1.165) is 26.0 Å². The molecule has 8 heteroatoms. The molecule has 2 atom stereocenters. The summed E-state index contributed by atoms with van der Waals surface area (Å²) < 4.78 is 27.7. The predicted molar refractivity (Wildman–Crippen MR) is 92.7 cm³/mol. The second kappa shape index (κ2) is 9.78. The first-order valence-corrected chi connectivity index (χ1v) is 8.73. The van der Waals surface area contributed by atoms with Gasteiger partial charge in [-0.25, -0.2) is 8.42 Å². The minimum absolute atomic E-state index is 0. The van der Waals surface area contributed by atoms with Crippen molar-refractivity contribution in [1.29, 1.82) is 0 Å². The number of rotatable bonds is 6. The van der Waals surface area contributed by atoms with E-state index in [1.54, 1.807) is 7.05 Å². The summed E-state index contributed by atoms with van der Waals surface area (Å²) in [6.07, 6.45) is 4.27. The number of hydrogen-bond acceptors (Lipinski definition) is 4. The van der Waals surface area contributed by atoms with Crippen LogP contribution in [-0.4, -0.2) is 58.7 Å². The van der Waals surface area contributed by atoms with Gasteiger partial charge in [-0.3, -0.25) is 4.99 Å². The van der Waals surface area contributed by atoms with Gasteiger partial charge in [0.2, 0.25) is 0 Å². The molecule has 120 valence electrons. The van der Waals surface area contributed by atoms with Crippen LogP contribution in [0.4, 0.5) is 0 Å². The molecule has 1 rings (SSSR count). The molecule has 2 unspecified atom stereocenters. The van der Waals surface area contributed by atoms with Gasteiger partial charge in [0.1, 0.15) is 9.84 Å². The Bertz CT molecular complexity index is 395. The standard InChI is InChI=1S/C12H25N3O3S.HI/c1-10(6-8-19(3,16)17)15-12(13-2)14-9-11-5-4-7-18-11;/h10-11H,4-9H2,1-3H3,(H2,13,14,15);1H. The normalized spacial score (nSPS) is 21.1. The quantitative estimate of drug-likeness (QED) is 0.378. The lowest BCUT2D eigenvalue weighted by molar-refractivity contribution is 0.113. The number of nitrogens with one attached hydrogen (secondary N) is 2. The summed E-state index contributed by atoms with van der Waals surface area (Å²) in [6.45, 7) is 3.52. The van der Waals surface area contributed by atoms with Crippen molar-refractivity contribution in [2.24, 2.45) is 4.99 Å². The summed E-state index contributed by atoms with van der Waals surface area (Å²) in [7, 11) is -1.20. The Hall–Kier alpha value is -0.0900. The van der Waals surface area contributed by atoms with Crippen LogP contribution in [0.1, 0.15) is 26.2 Å². The highest BCUT2D eigenvalue weighted by molar-refractivity contribution is 14.0. The van der Waals surface area contributed by atoms with E-state index in [2.05, 4.69) is 15.6 Å². The van der Waals surface area contributed by atoms with E-state index in [9.17, 15) is 8.42 Å². The molecular formula is C12H26IN3O3S.